The summed E-state index contributed by atoms with van der Waals surface area (Å²) in [7, 11) is 3.14. The lowest BCUT2D eigenvalue weighted by Crippen LogP contribution is -2.04. The van der Waals surface area contributed by atoms with Crippen LogP contribution in [0.3, 0.4) is 0 Å². The molecule has 3 aromatic rings. The Kier molecular flexibility index (Phi) is 5.92. The van der Waals surface area contributed by atoms with Gasteiger partial charge in [0, 0.05) is 17.8 Å². The van der Waals surface area contributed by atoms with Gasteiger partial charge in [-0.3, -0.25) is 0 Å². The lowest BCUT2D eigenvalue weighted by atomic mass is 10.2. The zero-order valence-corrected chi connectivity index (χ0v) is 15.8. The van der Waals surface area contributed by atoms with Crippen LogP contribution in [0, 0.1) is 0 Å². The van der Waals surface area contributed by atoms with Crippen molar-refractivity contribution in [3.05, 3.63) is 42.1 Å². The number of hydrogen-bond acceptors (Lipinski definition) is 9. The van der Waals surface area contributed by atoms with Crippen molar-refractivity contribution < 1.29 is 23.4 Å². The summed E-state index contributed by atoms with van der Waals surface area (Å²) in [5, 5.41) is 9.01. The molecule has 0 aliphatic carbocycles. The Morgan fingerprint density at radius 1 is 1.11 bits per heavy atom. The maximum absolute atomic E-state index is 11.6. The molecule has 27 heavy (non-hydrogen) atoms. The number of carbonyl (C=O) groups is 1. The van der Waals surface area contributed by atoms with Crippen molar-refractivity contribution in [1.82, 2.24) is 15.2 Å². The molecular weight excluding hydrogens is 370 g/mol. The Bertz CT molecular complexity index is 905. The summed E-state index contributed by atoms with van der Waals surface area (Å²) in [4.78, 5) is 15.9. The topological polar surface area (TPSA) is 96.6 Å². The molecule has 0 atom stereocenters. The van der Waals surface area contributed by atoms with Crippen LogP contribution in [0.15, 0.2) is 51.2 Å². The van der Waals surface area contributed by atoms with Crippen LogP contribution in [0.25, 0.3) is 11.5 Å². The lowest BCUT2D eigenvalue weighted by molar-refractivity contribution is 0.0525. The van der Waals surface area contributed by atoms with Crippen molar-refractivity contribution in [2.75, 3.05) is 20.8 Å². The van der Waals surface area contributed by atoms with Crippen molar-refractivity contribution >= 4 is 17.7 Å². The molecule has 0 bridgehead atoms. The van der Waals surface area contributed by atoms with E-state index in [2.05, 4.69) is 15.2 Å². The first-order valence-electron chi connectivity index (χ1n) is 8.01. The number of ether oxygens (including phenoxy) is 3. The normalized spacial score (nSPS) is 10.5. The number of methoxy groups -OCH3 is 2. The zero-order valence-electron chi connectivity index (χ0n) is 15.0. The van der Waals surface area contributed by atoms with E-state index in [-0.39, 0.29) is 0 Å². The second kappa shape index (κ2) is 8.54. The highest BCUT2D eigenvalue weighted by Crippen LogP contribution is 2.32. The third kappa shape index (κ3) is 4.56. The van der Waals surface area contributed by atoms with Gasteiger partial charge in [0.15, 0.2) is 0 Å². The molecule has 0 amide bonds. The van der Waals surface area contributed by atoms with E-state index < -0.39 is 5.97 Å². The summed E-state index contributed by atoms with van der Waals surface area (Å²) in [5.74, 6) is 1.16. The molecule has 8 nitrogen and oxygen atoms in total. The molecule has 140 valence electrons. The third-order valence-electron chi connectivity index (χ3n) is 3.44. The molecule has 0 saturated carbocycles. The van der Waals surface area contributed by atoms with Crippen molar-refractivity contribution in [3.63, 3.8) is 0 Å². The number of carbonyl (C=O) groups excluding carboxylic acids is 1. The van der Waals surface area contributed by atoms with Gasteiger partial charge in [0.05, 0.1) is 26.4 Å². The van der Waals surface area contributed by atoms with Crippen molar-refractivity contribution in [1.29, 1.82) is 0 Å². The SMILES string of the molecule is CCOC(=O)c1ccc(Sc2nnc(-c3cc(OC)cc(OC)c3)o2)nc1. The molecular formula is C18H17N3O5S. The Labute approximate surface area is 159 Å². The van der Waals surface area contributed by atoms with Gasteiger partial charge < -0.3 is 18.6 Å². The molecule has 1 aromatic carbocycles. The number of pyridine rings is 1. The van der Waals surface area contributed by atoms with E-state index >= 15 is 0 Å². The highest BCUT2D eigenvalue weighted by Gasteiger charge is 2.14. The number of nitrogens with zero attached hydrogens (tertiary/aromatic N) is 3. The standard InChI is InChI=1S/C18H17N3O5S/c1-4-25-17(22)11-5-6-15(19-10-11)27-18-21-20-16(26-18)12-7-13(23-2)9-14(8-12)24-3/h5-10H,4H2,1-3H3. The minimum Gasteiger partial charge on any atom is -0.497 e. The van der Waals surface area contributed by atoms with E-state index in [0.29, 0.717) is 45.4 Å². The lowest BCUT2D eigenvalue weighted by Gasteiger charge is -2.05. The van der Waals surface area contributed by atoms with Crippen LogP contribution in [-0.4, -0.2) is 42.0 Å². The fourth-order valence-electron chi connectivity index (χ4n) is 2.16. The van der Waals surface area contributed by atoms with E-state index in [9.17, 15) is 4.79 Å². The number of benzene rings is 1. The molecule has 0 radical (unpaired) electrons. The van der Waals surface area contributed by atoms with Gasteiger partial charge in [0.2, 0.25) is 5.89 Å². The van der Waals surface area contributed by atoms with Gasteiger partial charge in [-0.25, -0.2) is 9.78 Å². The maximum atomic E-state index is 11.6. The van der Waals surface area contributed by atoms with Crippen LogP contribution in [-0.2, 0) is 4.74 Å². The van der Waals surface area contributed by atoms with Gasteiger partial charge in [0.1, 0.15) is 16.5 Å². The molecule has 2 heterocycles. The molecule has 0 unspecified atom stereocenters. The molecule has 3 rings (SSSR count). The van der Waals surface area contributed by atoms with Gasteiger partial charge >= 0.3 is 5.97 Å². The van der Waals surface area contributed by atoms with Crippen molar-refractivity contribution in [3.8, 4) is 23.0 Å². The van der Waals surface area contributed by atoms with Crippen LogP contribution < -0.4 is 9.47 Å². The molecule has 9 heteroatoms. The van der Waals surface area contributed by atoms with E-state index in [1.54, 1.807) is 51.5 Å². The quantitative estimate of drug-likeness (QED) is 0.564. The van der Waals surface area contributed by atoms with E-state index in [1.807, 2.05) is 0 Å². The molecule has 0 spiro atoms. The van der Waals surface area contributed by atoms with E-state index in [4.69, 9.17) is 18.6 Å². The minimum atomic E-state index is -0.409. The number of aromatic nitrogens is 3. The highest BCUT2D eigenvalue weighted by molar-refractivity contribution is 7.99. The van der Waals surface area contributed by atoms with Gasteiger partial charge in [-0.1, -0.05) is 0 Å². The largest absolute Gasteiger partial charge is 0.497 e. The fourth-order valence-corrected chi connectivity index (χ4v) is 2.79. The maximum Gasteiger partial charge on any atom is 0.339 e. The zero-order chi connectivity index (χ0) is 19.2. The third-order valence-corrected chi connectivity index (χ3v) is 4.23. The average Bonchev–Trinajstić information content (AvgIpc) is 3.16. The van der Waals surface area contributed by atoms with Crippen LogP contribution in [0.1, 0.15) is 17.3 Å². The monoisotopic (exact) mass is 387 g/mol. The number of hydrogen-bond donors (Lipinski definition) is 0. The Morgan fingerprint density at radius 3 is 2.44 bits per heavy atom. The molecule has 0 N–H and O–H groups in total. The fraction of sp³-hybridized carbons (Fsp3) is 0.222. The first kappa shape index (κ1) is 18.7. The van der Waals surface area contributed by atoms with Gasteiger partial charge in [-0.15, -0.1) is 10.2 Å². The number of rotatable bonds is 7. The van der Waals surface area contributed by atoms with Crippen LogP contribution in [0.4, 0.5) is 0 Å². The second-order valence-electron chi connectivity index (χ2n) is 5.18. The molecule has 0 aliphatic rings. The first-order chi connectivity index (χ1) is 13.1. The van der Waals surface area contributed by atoms with Crippen LogP contribution in [0.2, 0.25) is 0 Å². The molecule has 2 aromatic heterocycles. The Morgan fingerprint density at radius 2 is 1.85 bits per heavy atom. The molecule has 0 fully saturated rings. The summed E-state index contributed by atoms with van der Waals surface area (Å²) in [5.41, 5.74) is 1.06. The Hall–Kier alpha value is -3.07. The molecule has 0 saturated heterocycles. The molecule has 0 aliphatic heterocycles. The predicted molar refractivity (Wildman–Crippen MR) is 97.2 cm³/mol. The second-order valence-corrected chi connectivity index (χ2v) is 6.15. The smallest absolute Gasteiger partial charge is 0.339 e. The van der Waals surface area contributed by atoms with Gasteiger partial charge in [0.25, 0.3) is 5.22 Å². The van der Waals surface area contributed by atoms with Gasteiger partial charge in [-0.2, -0.15) is 0 Å². The highest BCUT2D eigenvalue weighted by atomic mass is 32.2. The summed E-state index contributed by atoms with van der Waals surface area (Å²) in [6.07, 6.45) is 1.45. The van der Waals surface area contributed by atoms with Crippen LogP contribution in [0.5, 0.6) is 11.5 Å². The summed E-state index contributed by atoms with van der Waals surface area (Å²) >= 11 is 1.19. The van der Waals surface area contributed by atoms with E-state index in [0.717, 1.165) is 0 Å². The Balaban J connectivity index is 1.76. The predicted octanol–water partition coefficient (Wildman–Crippen LogP) is 3.48. The number of esters is 1. The van der Waals surface area contributed by atoms with Crippen molar-refractivity contribution in [2.45, 2.75) is 17.2 Å². The minimum absolute atomic E-state index is 0.315. The summed E-state index contributed by atoms with van der Waals surface area (Å²) < 4.78 is 21.1. The average molecular weight is 387 g/mol. The van der Waals surface area contributed by atoms with Crippen molar-refractivity contribution in [2.24, 2.45) is 0 Å². The van der Waals surface area contributed by atoms with Gasteiger partial charge in [-0.05, 0) is 43.0 Å². The van der Waals surface area contributed by atoms with E-state index in [1.165, 1.54) is 18.0 Å². The summed E-state index contributed by atoms with van der Waals surface area (Å²) in [6, 6.07) is 8.63. The van der Waals surface area contributed by atoms with Crippen LogP contribution >= 0.6 is 11.8 Å². The summed E-state index contributed by atoms with van der Waals surface area (Å²) in [6.45, 7) is 2.07. The first-order valence-corrected chi connectivity index (χ1v) is 8.82.